The predicted molar refractivity (Wildman–Crippen MR) is 71.9 cm³/mol. The highest BCUT2D eigenvalue weighted by Gasteiger charge is 2.21. The predicted octanol–water partition coefficient (Wildman–Crippen LogP) is 2.54. The molecule has 0 spiro atoms. The summed E-state index contributed by atoms with van der Waals surface area (Å²) in [6, 6.07) is 2.86. The second-order valence-electron chi connectivity index (χ2n) is 5.57. The fraction of sp³-hybridized carbons (Fsp3) is 0.733. The summed E-state index contributed by atoms with van der Waals surface area (Å²) in [6.45, 7) is 5.16. The molecule has 1 aliphatic carbocycles. The molecule has 106 valence electrons. The van der Waals surface area contributed by atoms with Crippen LogP contribution in [0.25, 0.3) is 0 Å². The Hall–Kier alpha value is -0.840. The molecular weight excluding hydrogens is 242 g/mol. The van der Waals surface area contributed by atoms with Crippen LogP contribution in [0.1, 0.15) is 42.8 Å². The first kappa shape index (κ1) is 13.2. The zero-order valence-electron chi connectivity index (χ0n) is 11.6. The topological polar surface area (TPSA) is 43.6 Å². The van der Waals surface area contributed by atoms with Crippen LogP contribution >= 0.6 is 0 Å². The summed E-state index contributed by atoms with van der Waals surface area (Å²) in [5.41, 5.74) is 1.26. The van der Waals surface area contributed by atoms with Crippen molar-refractivity contribution >= 4 is 0 Å². The van der Waals surface area contributed by atoms with Gasteiger partial charge in [-0.15, -0.1) is 0 Å². The minimum atomic E-state index is 0.326. The number of hydrogen-bond acceptors (Lipinski definition) is 4. The molecule has 1 aromatic heterocycles. The van der Waals surface area contributed by atoms with E-state index >= 15 is 0 Å². The second kappa shape index (κ2) is 6.07. The molecular formula is C15H23NO3. The molecule has 4 heteroatoms. The number of furan rings is 1. The minimum absolute atomic E-state index is 0.326. The van der Waals surface area contributed by atoms with Crippen LogP contribution in [0.15, 0.2) is 10.5 Å². The number of ether oxygens (including phenoxy) is 2. The van der Waals surface area contributed by atoms with E-state index in [1.165, 1.54) is 18.4 Å². The van der Waals surface area contributed by atoms with Crippen LogP contribution in [0, 0.1) is 6.92 Å². The summed E-state index contributed by atoms with van der Waals surface area (Å²) in [4.78, 5) is 0. The lowest BCUT2D eigenvalue weighted by Crippen LogP contribution is -2.23. The molecule has 0 amide bonds. The van der Waals surface area contributed by atoms with Crippen molar-refractivity contribution in [1.82, 2.24) is 5.32 Å². The van der Waals surface area contributed by atoms with E-state index in [1.807, 2.05) is 6.92 Å². The van der Waals surface area contributed by atoms with Crippen molar-refractivity contribution in [2.24, 2.45) is 0 Å². The highest BCUT2D eigenvalue weighted by atomic mass is 16.5. The highest BCUT2D eigenvalue weighted by molar-refractivity contribution is 5.20. The Morgan fingerprint density at radius 2 is 2.05 bits per heavy atom. The Morgan fingerprint density at radius 1 is 1.26 bits per heavy atom. The summed E-state index contributed by atoms with van der Waals surface area (Å²) in [5.74, 6) is 1.95. The van der Waals surface area contributed by atoms with Crippen LogP contribution in [0.3, 0.4) is 0 Å². The molecule has 2 fully saturated rings. The zero-order chi connectivity index (χ0) is 13.1. The lowest BCUT2D eigenvalue weighted by atomic mass is 10.1. The van der Waals surface area contributed by atoms with Gasteiger partial charge < -0.3 is 19.2 Å². The van der Waals surface area contributed by atoms with Crippen molar-refractivity contribution in [3.8, 4) is 0 Å². The quantitative estimate of drug-likeness (QED) is 0.858. The molecule has 4 nitrogen and oxygen atoms in total. The minimum Gasteiger partial charge on any atom is -0.464 e. The van der Waals surface area contributed by atoms with E-state index in [2.05, 4.69) is 11.4 Å². The number of hydrogen-bond donors (Lipinski definition) is 1. The monoisotopic (exact) mass is 265 g/mol. The maximum absolute atomic E-state index is 5.88. The standard InChI is InChI=1S/C15H23NO3/c1-11-12(9-16-13-2-3-13)8-15(19-11)10-18-14-4-6-17-7-5-14/h8,13-14,16H,2-7,9-10H2,1H3. The fourth-order valence-electron chi connectivity index (χ4n) is 2.42. The van der Waals surface area contributed by atoms with E-state index < -0.39 is 0 Å². The molecule has 19 heavy (non-hydrogen) atoms. The van der Waals surface area contributed by atoms with Crippen LogP contribution in [-0.2, 0) is 22.6 Å². The summed E-state index contributed by atoms with van der Waals surface area (Å²) >= 11 is 0. The Kier molecular flexibility index (Phi) is 4.21. The van der Waals surface area contributed by atoms with E-state index in [9.17, 15) is 0 Å². The molecule has 0 unspecified atom stereocenters. The number of rotatable bonds is 6. The summed E-state index contributed by atoms with van der Waals surface area (Å²) in [5, 5.41) is 3.52. The van der Waals surface area contributed by atoms with Gasteiger partial charge in [-0.3, -0.25) is 0 Å². The molecule has 0 atom stereocenters. The van der Waals surface area contributed by atoms with Gasteiger partial charge in [0.05, 0.1) is 6.10 Å². The van der Waals surface area contributed by atoms with Crippen LogP contribution in [0.4, 0.5) is 0 Å². The third kappa shape index (κ3) is 3.81. The van der Waals surface area contributed by atoms with Gasteiger partial charge in [0.25, 0.3) is 0 Å². The average molecular weight is 265 g/mol. The second-order valence-corrected chi connectivity index (χ2v) is 5.57. The van der Waals surface area contributed by atoms with Gasteiger partial charge >= 0.3 is 0 Å². The normalized spacial score (nSPS) is 20.9. The maximum Gasteiger partial charge on any atom is 0.130 e. The zero-order valence-corrected chi connectivity index (χ0v) is 11.6. The van der Waals surface area contributed by atoms with E-state index in [4.69, 9.17) is 13.9 Å². The summed E-state index contributed by atoms with van der Waals surface area (Å²) < 4.78 is 17.0. The van der Waals surface area contributed by atoms with Gasteiger partial charge in [-0.25, -0.2) is 0 Å². The Bertz CT molecular complexity index is 406. The van der Waals surface area contributed by atoms with Crippen molar-refractivity contribution < 1.29 is 13.9 Å². The van der Waals surface area contributed by atoms with Gasteiger partial charge in [0.15, 0.2) is 0 Å². The first-order chi connectivity index (χ1) is 9.31. The maximum atomic E-state index is 5.88. The molecule has 0 radical (unpaired) electrons. The molecule has 2 aliphatic rings. The fourth-order valence-corrected chi connectivity index (χ4v) is 2.42. The molecule has 0 bridgehead atoms. The largest absolute Gasteiger partial charge is 0.464 e. The van der Waals surface area contributed by atoms with Gasteiger partial charge in [-0.05, 0) is 38.7 Å². The lowest BCUT2D eigenvalue weighted by Gasteiger charge is -2.21. The van der Waals surface area contributed by atoms with E-state index in [0.717, 1.165) is 50.2 Å². The SMILES string of the molecule is Cc1oc(COC2CCOCC2)cc1CNC1CC1. The third-order valence-corrected chi connectivity index (χ3v) is 3.86. The van der Waals surface area contributed by atoms with Crippen LogP contribution in [0.5, 0.6) is 0 Å². The molecule has 3 rings (SSSR count). The molecule has 1 N–H and O–H groups in total. The van der Waals surface area contributed by atoms with Gasteiger partial charge in [0, 0.05) is 31.4 Å². The molecule has 1 aromatic rings. The van der Waals surface area contributed by atoms with Crippen LogP contribution < -0.4 is 5.32 Å². The highest BCUT2D eigenvalue weighted by Crippen LogP contribution is 2.22. The van der Waals surface area contributed by atoms with Crippen LogP contribution in [-0.4, -0.2) is 25.4 Å². The average Bonchev–Trinajstić information content (AvgIpc) is 3.19. The smallest absolute Gasteiger partial charge is 0.130 e. The lowest BCUT2D eigenvalue weighted by molar-refractivity contribution is -0.0435. The molecule has 1 aliphatic heterocycles. The molecule has 1 saturated carbocycles. The Balaban J connectivity index is 1.48. The first-order valence-corrected chi connectivity index (χ1v) is 7.32. The summed E-state index contributed by atoms with van der Waals surface area (Å²) in [6.07, 6.45) is 4.95. The Labute approximate surface area is 114 Å². The van der Waals surface area contributed by atoms with Crippen molar-refractivity contribution in [1.29, 1.82) is 0 Å². The van der Waals surface area contributed by atoms with Crippen molar-refractivity contribution in [2.45, 2.75) is 57.9 Å². The van der Waals surface area contributed by atoms with Gasteiger partial charge in [-0.2, -0.15) is 0 Å². The van der Waals surface area contributed by atoms with E-state index in [1.54, 1.807) is 0 Å². The van der Waals surface area contributed by atoms with Crippen LogP contribution in [0.2, 0.25) is 0 Å². The van der Waals surface area contributed by atoms with Crippen molar-refractivity contribution in [3.05, 3.63) is 23.2 Å². The third-order valence-electron chi connectivity index (χ3n) is 3.86. The van der Waals surface area contributed by atoms with Gasteiger partial charge in [0.2, 0.25) is 0 Å². The molecule has 2 heterocycles. The summed E-state index contributed by atoms with van der Waals surface area (Å²) in [7, 11) is 0. The van der Waals surface area contributed by atoms with E-state index in [-0.39, 0.29) is 0 Å². The Morgan fingerprint density at radius 3 is 2.79 bits per heavy atom. The van der Waals surface area contributed by atoms with Gasteiger partial charge in [0.1, 0.15) is 18.1 Å². The molecule has 0 aromatic carbocycles. The number of nitrogens with one attached hydrogen (secondary N) is 1. The first-order valence-electron chi connectivity index (χ1n) is 7.32. The van der Waals surface area contributed by atoms with Crippen molar-refractivity contribution in [2.75, 3.05) is 13.2 Å². The molecule has 1 saturated heterocycles. The van der Waals surface area contributed by atoms with Gasteiger partial charge in [-0.1, -0.05) is 0 Å². The van der Waals surface area contributed by atoms with Crippen molar-refractivity contribution in [3.63, 3.8) is 0 Å². The number of aryl methyl sites for hydroxylation is 1. The van der Waals surface area contributed by atoms with E-state index in [0.29, 0.717) is 12.7 Å².